The van der Waals surface area contributed by atoms with Gasteiger partial charge in [0.25, 0.3) is 0 Å². The third-order valence-corrected chi connectivity index (χ3v) is 4.58. The number of hydrogen-bond acceptors (Lipinski definition) is 3. The van der Waals surface area contributed by atoms with Crippen LogP contribution in [0.25, 0.3) is 0 Å². The van der Waals surface area contributed by atoms with E-state index < -0.39 is 0 Å². The van der Waals surface area contributed by atoms with Crippen LogP contribution in [0.5, 0.6) is 0 Å². The predicted octanol–water partition coefficient (Wildman–Crippen LogP) is 3.62. The third-order valence-electron chi connectivity index (χ3n) is 3.51. The number of nitrogens with zero attached hydrogens (tertiary/aromatic N) is 1. The molecule has 1 aromatic rings. The van der Waals surface area contributed by atoms with Crippen molar-refractivity contribution in [1.29, 1.82) is 0 Å². The molecule has 1 aliphatic carbocycles. The van der Waals surface area contributed by atoms with Gasteiger partial charge in [0.1, 0.15) is 0 Å². The largest absolute Gasteiger partial charge is 0.309 e. The van der Waals surface area contributed by atoms with Crippen LogP contribution in [0.4, 0.5) is 0 Å². The van der Waals surface area contributed by atoms with Gasteiger partial charge in [0, 0.05) is 28.9 Å². The molecule has 0 aromatic carbocycles. The summed E-state index contributed by atoms with van der Waals surface area (Å²) in [7, 11) is 0. The molecule has 102 valence electrons. The highest BCUT2D eigenvalue weighted by Gasteiger charge is 2.20. The van der Waals surface area contributed by atoms with Gasteiger partial charge in [-0.1, -0.05) is 20.3 Å². The first-order valence-electron chi connectivity index (χ1n) is 7.35. The fourth-order valence-corrected chi connectivity index (χ4v) is 3.10. The van der Waals surface area contributed by atoms with Crippen LogP contribution in [-0.4, -0.2) is 24.0 Å². The van der Waals surface area contributed by atoms with Crippen LogP contribution in [0, 0.1) is 0 Å². The minimum Gasteiger partial charge on any atom is -0.309 e. The summed E-state index contributed by atoms with van der Waals surface area (Å²) in [6.07, 6.45) is 5.35. The monoisotopic (exact) mass is 266 g/mol. The average Bonchev–Trinajstić information content (AvgIpc) is 3.12. The molecule has 0 saturated heterocycles. The van der Waals surface area contributed by atoms with E-state index in [-0.39, 0.29) is 0 Å². The molecule has 2 rings (SSSR count). The first-order chi connectivity index (χ1) is 8.81. The van der Waals surface area contributed by atoms with Crippen LogP contribution in [0.1, 0.15) is 49.3 Å². The van der Waals surface area contributed by atoms with Gasteiger partial charge in [0.15, 0.2) is 0 Å². The minimum atomic E-state index is 0.812. The second-order valence-electron chi connectivity index (χ2n) is 5.25. The van der Waals surface area contributed by atoms with Gasteiger partial charge in [-0.25, -0.2) is 0 Å². The summed E-state index contributed by atoms with van der Waals surface area (Å²) in [5.41, 5.74) is 0. The van der Waals surface area contributed by atoms with E-state index in [1.54, 1.807) is 0 Å². The molecule has 0 bridgehead atoms. The van der Waals surface area contributed by atoms with Crippen molar-refractivity contribution < 1.29 is 0 Å². The summed E-state index contributed by atoms with van der Waals surface area (Å²) < 4.78 is 0. The van der Waals surface area contributed by atoms with Gasteiger partial charge in [0.2, 0.25) is 0 Å². The Balaban J connectivity index is 1.76. The van der Waals surface area contributed by atoms with Crippen molar-refractivity contribution in [2.75, 3.05) is 13.1 Å². The highest BCUT2D eigenvalue weighted by molar-refractivity contribution is 7.11. The van der Waals surface area contributed by atoms with E-state index in [9.17, 15) is 0 Å². The summed E-state index contributed by atoms with van der Waals surface area (Å²) in [5.74, 6) is 0. The Kier molecular flexibility index (Phi) is 5.67. The van der Waals surface area contributed by atoms with Crippen molar-refractivity contribution in [2.24, 2.45) is 0 Å². The Morgan fingerprint density at radius 1 is 1.28 bits per heavy atom. The van der Waals surface area contributed by atoms with E-state index in [1.165, 1.54) is 42.0 Å². The zero-order valence-corrected chi connectivity index (χ0v) is 12.6. The van der Waals surface area contributed by atoms with Gasteiger partial charge in [-0.05, 0) is 44.5 Å². The quantitative estimate of drug-likeness (QED) is 0.734. The molecule has 0 aliphatic heterocycles. The Morgan fingerprint density at radius 2 is 2.06 bits per heavy atom. The molecule has 1 heterocycles. The predicted molar refractivity (Wildman–Crippen MR) is 80.0 cm³/mol. The van der Waals surface area contributed by atoms with E-state index >= 15 is 0 Å². The van der Waals surface area contributed by atoms with Crippen LogP contribution < -0.4 is 5.32 Å². The lowest BCUT2D eigenvalue weighted by Crippen LogP contribution is -2.23. The number of nitrogens with one attached hydrogen (secondary N) is 1. The van der Waals surface area contributed by atoms with Crippen LogP contribution in [0.2, 0.25) is 0 Å². The molecule has 0 amide bonds. The van der Waals surface area contributed by atoms with Crippen LogP contribution in [0.3, 0.4) is 0 Å². The molecule has 2 nitrogen and oxygen atoms in total. The van der Waals surface area contributed by atoms with Crippen LogP contribution in [-0.2, 0) is 13.1 Å². The highest BCUT2D eigenvalue weighted by atomic mass is 32.1. The van der Waals surface area contributed by atoms with Crippen molar-refractivity contribution in [1.82, 2.24) is 10.2 Å². The van der Waals surface area contributed by atoms with E-state index in [4.69, 9.17) is 0 Å². The zero-order valence-electron chi connectivity index (χ0n) is 11.7. The van der Waals surface area contributed by atoms with E-state index in [1.807, 2.05) is 11.3 Å². The topological polar surface area (TPSA) is 15.3 Å². The maximum Gasteiger partial charge on any atom is 0.0327 e. The lowest BCUT2D eigenvalue weighted by Gasteiger charge is -2.18. The standard InChI is InChI=1S/C15H26N2S/c1-3-5-10-17(4-2)12-15-9-8-14(18-15)11-16-13-6-7-13/h8-9,13,16H,3-7,10-12H2,1-2H3. The molecule has 1 saturated carbocycles. The van der Waals surface area contributed by atoms with Gasteiger partial charge in [-0.15, -0.1) is 11.3 Å². The van der Waals surface area contributed by atoms with Crippen LogP contribution >= 0.6 is 11.3 Å². The summed E-state index contributed by atoms with van der Waals surface area (Å²) in [6, 6.07) is 5.42. The number of hydrogen-bond donors (Lipinski definition) is 1. The van der Waals surface area contributed by atoms with Crippen LogP contribution in [0.15, 0.2) is 12.1 Å². The number of rotatable bonds is 9. The van der Waals surface area contributed by atoms with E-state index in [0.29, 0.717) is 0 Å². The van der Waals surface area contributed by atoms with E-state index in [2.05, 4.69) is 36.2 Å². The summed E-state index contributed by atoms with van der Waals surface area (Å²) in [4.78, 5) is 5.55. The maximum absolute atomic E-state index is 3.58. The molecule has 0 spiro atoms. The molecule has 1 aliphatic rings. The average molecular weight is 266 g/mol. The highest BCUT2D eigenvalue weighted by Crippen LogP contribution is 2.22. The van der Waals surface area contributed by atoms with Crippen molar-refractivity contribution in [2.45, 2.75) is 58.7 Å². The zero-order chi connectivity index (χ0) is 12.8. The normalized spacial score (nSPS) is 15.5. The van der Waals surface area contributed by atoms with Crippen molar-refractivity contribution in [3.63, 3.8) is 0 Å². The molecule has 0 radical (unpaired) electrons. The van der Waals surface area contributed by atoms with Gasteiger partial charge >= 0.3 is 0 Å². The Morgan fingerprint density at radius 3 is 2.72 bits per heavy atom. The minimum absolute atomic E-state index is 0.812. The molecule has 18 heavy (non-hydrogen) atoms. The van der Waals surface area contributed by atoms with Crippen molar-refractivity contribution >= 4 is 11.3 Å². The SMILES string of the molecule is CCCCN(CC)Cc1ccc(CNC2CC2)s1. The molecule has 0 unspecified atom stereocenters. The second-order valence-corrected chi connectivity index (χ2v) is 6.50. The number of thiophene rings is 1. The first kappa shape index (κ1) is 14.0. The summed E-state index contributed by atoms with van der Waals surface area (Å²) in [6.45, 7) is 9.12. The van der Waals surface area contributed by atoms with Gasteiger partial charge in [-0.2, -0.15) is 0 Å². The molecule has 0 atom stereocenters. The lowest BCUT2D eigenvalue weighted by molar-refractivity contribution is 0.278. The Bertz CT molecular complexity index is 344. The molecule has 3 heteroatoms. The fraction of sp³-hybridized carbons (Fsp3) is 0.733. The summed E-state index contributed by atoms with van der Waals surface area (Å²) >= 11 is 1.98. The molecule has 1 fully saturated rings. The second kappa shape index (κ2) is 7.27. The smallest absolute Gasteiger partial charge is 0.0327 e. The third kappa shape index (κ3) is 4.71. The summed E-state index contributed by atoms with van der Waals surface area (Å²) in [5, 5.41) is 3.58. The lowest BCUT2D eigenvalue weighted by atomic mass is 10.3. The van der Waals surface area contributed by atoms with Gasteiger partial charge in [0.05, 0.1) is 0 Å². The van der Waals surface area contributed by atoms with Crippen molar-refractivity contribution in [3.8, 4) is 0 Å². The first-order valence-corrected chi connectivity index (χ1v) is 8.16. The van der Waals surface area contributed by atoms with Crippen molar-refractivity contribution in [3.05, 3.63) is 21.9 Å². The molecular formula is C15H26N2S. The fourth-order valence-electron chi connectivity index (χ4n) is 2.09. The van der Waals surface area contributed by atoms with Gasteiger partial charge < -0.3 is 5.32 Å². The molecular weight excluding hydrogens is 240 g/mol. The Labute approximate surface area is 115 Å². The maximum atomic E-state index is 3.58. The van der Waals surface area contributed by atoms with E-state index in [0.717, 1.165) is 25.7 Å². The molecule has 1 N–H and O–H groups in total. The number of unbranched alkanes of at least 4 members (excludes halogenated alkanes) is 1. The molecule has 1 aromatic heterocycles. The Hall–Kier alpha value is -0.380. The van der Waals surface area contributed by atoms with Gasteiger partial charge in [-0.3, -0.25) is 4.90 Å².